The fourth-order valence-electron chi connectivity index (χ4n) is 3.65. The molecule has 2 heterocycles. The van der Waals surface area contributed by atoms with Crippen molar-refractivity contribution in [1.82, 2.24) is 9.80 Å². The molecule has 4 heteroatoms. The van der Waals surface area contributed by atoms with E-state index in [9.17, 15) is 5.11 Å². The Morgan fingerprint density at radius 2 is 1.76 bits per heavy atom. The van der Waals surface area contributed by atoms with E-state index in [0.717, 1.165) is 35.7 Å². The second-order valence-corrected chi connectivity index (χ2v) is 7.29. The fraction of sp³-hybridized carbons (Fsp3) is 0.647. The van der Waals surface area contributed by atoms with Gasteiger partial charge in [-0.2, -0.15) is 0 Å². The molecule has 2 saturated heterocycles. The third kappa shape index (κ3) is 3.99. The lowest BCUT2D eigenvalue weighted by molar-refractivity contribution is 0.0893. The second-order valence-electron chi connectivity index (χ2n) is 6.38. The second kappa shape index (κ2) is 7.12. The van der Waals surface area contributed by atoms with Crippen molar-refractivity contribution in [2.75, 3.05) is 26.2 Å². The van der Waals surface area contributed by atoms with Gasteiger partial charge >= 0.3 is 0 Å². The normalized spacial score (nSPS) is 22.5. The Bertz CT molecular complexity index is 466. The van der Waals surface area contributed by atoms with Gasteiger partial charge in [0.25, 0.3) is 0 Å². The van der Waals surface area contributed by atoms with E-state index in [1.165, 1.54) is 45.2 Å². The quantitative estimate of drug-likeness (QED) is 0.899. The van der Waals surface area contributed by atoms with Crippen LogP contribution in [0.1, 0.15) is 37.7 Å². The van der Waals surface area contributed by atoms with Crippen LogP contribution in [-0.2, 0) is 6.54 Å². The van der Waals surface area contributed by atoms with Crippen molar-refractivity contribution in [3.8, 4) is 5.75 Å². The largest absolute Gasteiger partial charge is 0.508 e. The molecule has 1 aromatic carbocycles. The summed E-state index contributed by atoms with van der Waals surface area (Å²) in [5, 5.41) is 9.97. The molecule has 0 aromatic heterocycles. The predicted molar refractivity (Wildman–Crippen MR) is 89.5 cm³/mol. The van der Waals surface area contributed by atoms with Crippen molar-refractivity contribution in [1.29, 1.82) is 0 Å². The number of hydrogen-bond acceptors (Lipinski definition) is 3. The van der Waals surface area contributed by atoms with Crippen LogP contribution in [0.2, 0.25) is 0 Å². The number of piperidine rings is 2. The molecule has 1 N–H and O–H groups in total. The lowest BCUT2D eigenvalue weighted by atomic mass is 9.99. The molecule has 3 rings (SSSR count). The van der Waals surface area contributed by atoms with Crippen LogP contribution in [0.5, 0.6) is 5.75 Å². The molecule has 116 valence electrons. The Balaban J connectivity index is 1.52. The lowest BCUT2D eigenvalue weighted by Crippen LogP contribution is -2.46. The summed E-state index contributed by atoms with van der Waals surface area (Å²) < 4.78 is 1.04. The zero-order chi connectivity index (χ0) is 14.7. The van der Waals surface area contributed by atoms with E-state index in [1.54, 1.807) is 6.07 Å². The van der Waals surface area contributed by atoms with Crippen LogP contribution in [0, 0.1) is 0 Å². The van der Waals surface area contributed by atoms with Crippen molar-refractivity contribution in [2.45, 2.75) is 44.7 Å². The summed E-state index contributed by atoms with van der Waals surface area (Å²) >= 11 is 3.49. The first-order valence-corrected chi connectivity index (χ1v) is 8.95. The molecule has 0 unspecified atom stereocenters. The van der Waals surface area contributed by atoms with Crippen LogP contribution in [0.3, 0.4) is 0 Å². The Morgan fingerprint density at radius 3 is 2.48 bits per heavy atom. The first-order valence-electron chi connectivity index (χ1n) is 8.16. The average molecular weight is 353 g/mol. The molecule has 0 radical (unpaired) electrons. The molecular weight excluding hydrogens is 328 g/mol. The lowest BCUT2D eigenvalue weighted by Gasteiger charge is -2.40. The molecule has 2 aliphatic rings. The highest BCUT2D eigenvalue weighted by atomic mass is 79.9. The molecule has 2 fully saturated rings. The minimum atomic E-state index is 0.413. The predicted octanol–water partition coefficient (Wildman–Crippen LogP) is 3.61. The van der Waals surface area contributed by atoms with Crippen LogP contribution in [0.15, 0.2) is 22.7 Å². The van der Waals surface area contributed by atoms with Crippen molar-refractivity contribution in [3.63, 3.8) is 0 Å². The maximum atomic E-state index is 9.97. The molecule has 21 heavy (non-hydrogen) atoms. The van der Waals surface area contributed by atoms with E-state index in [2.05, 4.69) is 25.7 Å². The van der Waals surface area contributed by atoms with Gasteiger partial charge in [0.05, 0.1) is 0 Å². The fourth-order valence-corrected chi connectivity index (χ4v) is 4.06. The van der Waals surface area contributed by atoms with Crippen LogP contribution in [0.25, 0.3) is 0 Å². The van der Waals surface area contributed by atoms with E-state index in [1.807, 2.05) is 12.1 Å². The maximum absolute atomic E-state index is 9.97. The molecule has 0 bridgehead atoms. The number of hydrogen-bond donors (Lipinski definition) is 1. The summed E-state index contributed by atoms with van der Waals surface area (Å²) in [6.07, 6.45) is 6.72. The zero-order valence-corrected chi connectivity index (χ0v) is 14.2. The molecule has 2 aliphatic heterocycles. The number of rotatable bonds is 3. The van der Waals surface area contributed by atoms with Crippen LogP contribution < -0.4 is 0 Å². The van der Waals surface area contributed by atoms with Gasteiger partial charge < -0.3 is 10.0 Å². The van der Waals surface area contributed by atoms with Crippen LogP contribution in [0.4, 0.5) is 0 Å². The number of aromatic hydroxyl groups is 1. The van der Waals surface area contributed by atoms with Crippen LogP contribution >= 0.6 is 15.9 Å². The van der Waals surface area contributed by atoms with Crippen molar-refractivity contribution >= 4 is 15.9 Å². The number of benzene rings is 1. The SMILES string of the molecule is Oc1ccc(Br)cc1CN1CCC(N2CCCCC2)CC1. The van der Waals surface area contributed by atoms with Gasteiger partial charge in [0, 0.05) is 22.6 Å². The van der Waals surface area contributed by atoms with E-state index in [0.29, 0.717) is 5.75 Å². The van der Waals surface area contributed by atoms with Crippen molar-refractivity contribution in [2.24, 2.45) is 0 Å². The number of nitrogens with zero attached hydrogens (tertiary/aromatic N) is 2. The standard InChI is InChI=1S/C17H25BrN2O/c18-15-4-5-17(21)14(12-15)13-19-10-6-16(7-11-19)20-8-2-1-3-9-20/h4-5,12,16,21H,1-3,6-11,13H2. The smallest absolute Gasteiger partial charge is 0.120 e. The van der Waals surface area contributed by atoms with Gasteiger partial charge in [-0.1, -0.05) is 22.4 Å². The van der Waals surface area contributed by atoms with E-state index < -0.39 is 0 Å². The molecule has 0 amide bonds. The third-order valence-corrected chi connectivity index (χ3v) is 5.39. The van der Waals surface area contributed by atoms with Gasteiger partial charge in [0.1, 0.15) is 5.75 Å². The molecular formula is C17H25BrN2O. The third-order valence-electron chi connectivity index (χ3n) is 4.90. The van der Waals surface area contributed by atoms with Gasteiger partial charge in [-0.05, 0) is 70.1 Å². The highest BCUT2D eigenvalue weighted by Crippen LogP contribution is 2.26. The van der Waals surface area contributed by atoms with Gasteiger partial charge in [0.2, 0.25) is 0 Å². The molecule has 3 nitrogen and oxygen atoms in total. The molecule has 0 saturated carbocycles. The zero-order valence-electron chi connectivity index (χ0n) is 12.6. The minimum Gasteiger partial charge on any atom is -0.508 e. The first kappa shape index (κ1) is 15.3. The van der Waals surface area contributed by atoms with Gasteiger partial charge in [-0.25, -0.2) is 0 Å². The Labute approximate surface area is 136 Å². The number of halogens is 1. The molecule has 1 aromatic rings. The topological polar surface area (TPSA) is 26.7 Å². The molecule has 0 spiro atoms. The van der Waals surface area contributed by atoms with Crippen LogP contribution in [-0.4, -0.2) is 47.1 Å². The highest BCUT2D eigenvalue weighted by Gasteiger charge is 2.25. The first-order chi connectivity index (χ1) is 10.2. The van der Waals surface area contributed by atoms with Crippen molar-refractivity contribution < 1.29 is 5.11 Å². The number of phenolic OH excluding ortho intramolecular Hbond substituents is 1. The van der Waals surface area contributed by atoms with Gasteiger partial charge in [-0.15, -0.1) is 0 Å². The minimum absolute atomic E-state index is 0.413. The van der Waals surface area contributed by atoms with E-state index in [-0.39, 0.29) is 0 Å². The Hall–Kier alpha value is -0.580. The summed E-state index contributed by atoms with van der Waals surface area (Å²) in [5.74, 6) is 0.413. The maximum Gasteiger partial charge on any atom is 0.120 e. The average Bonchev–Trinajstić information content (AvgIpc) is 2.53. The summed E-state index contributed by atoms with van der Waals surface area (Å²) in [6, 6.07) is 6.49. The van der Waals surface area contributed by atoms with Gasteiger partial charge in [-0.3, -0.25) is 4.90 Å². The Kier molecular flexibility index (Phi) is 5.19. The van der Waals surface area contributed by atoms with Crippen molar-refractivity contribution in [3.05, 3.63) is 28.2 Å². The van der Waals surface area contributed by atoms with Gasteiger partial charge in [0.15, 0.2) is 0 Å². The number of phenols is 1. The summed E-state index contributed by atoms with van der Waals surface area (Å²) in [7, 11) is 0. The van der Waals surface area contributed by atoms with E-state index in [4.69, 9.17) is 0 Å². The molecule has 0 atom stereocenters. The summed E-state index contributed by atoms with van der Waals surface area (Å²) in [6.45, 7) is 5.76. The molecule has 0 aliphatic carbocycles. The summed E-state index contributed by atoms with van der Waals surface area (Å²) in [5.41, 5.74) is 1.03. The number of likely N-dealkylation sites (tertiary alicyclic amines) is 2. The Morgan fingerprint density at radius 1 is 1.05 bits per heavy atom. The van der Waals surface area contributed by atoms with E-state index >= 15 is 0 Å². The summed E-state index contributed by atoms with van der Waals surface area (Å²) in [4.78, 5) is 5.18. The monoisotopic (exact) mass is 352 g/mol. The highest BCUT2D eigenvalue weighted by molar-refractivity contribution is 9.10.